The molecular formula is C27H22N2O2S. The van der Waals surface area contributed by atoms with Crippen LogP contribution in [0.15, 0.2) is 91.0 Å². The van der Waals surface area contributed by atoms with Gasteiger partial charge in [-0.2, -0.15) is 0 Å². The van der Waals surface area contributed by atoms with E-state index in [0.717, 1.165) is 33.3 Å². The fourth-order valence-corrected chi connectivity index (χ4v) is 5.10. The molecule has 1 heterocycles. The Kier molecular flexibility index (Phi) is 5.41. The lowest BCUT2D eigenvalue weighted by atomic mass is 10.1. The van der Waals surface area contributed by atoms with Crippen molar-refractivity contribution in [2.45, 2.75) is 12.3 Å². The molecule has 0 aliphatic carbocycles. The van der Waals surface area contributed by atoms with Crippen molar-refractivity contribution in [3.63, 3.8) is 0 Å². The maximum atomic E-state index is 12.7. The molecule has 1 atom stereocenters. The van der Waals surface area contributed by atoms with Crippen LogP contribution in [0.2, 0.25) is 0 Å². The molecule has 4 aromatic carbocycles. The van der Waals surface area contributed by atoms with Crippen LogP contribution >= 0.6 is 11.8 Å². The van der Waals surface area contributed by atoms with Gasteiger partial charge in [-0.1, -0.05) is 60.2 Å². The topological polar surface area (TPSA) is 49.4 Å². The van der Waals surface area contributed by atoms with Crippen LogP contribution in [0.1, 0.15) is 26.9 Å². The Balaban J connectivity index is 1.33. The number of hydrogen-bond donors (Lipinski definition) is 1. The van der Waals surface area contributed by atoms with Gasteiger partial charge in [-0.05, 0) is 59.7 Å². The first-order chi connectivity index (χ1) is 15.6. The summed E-state index contributed by atoms with van der Waals surface area (Å²) >= 11 is 1.62. The molecule has 0 spiro atoms. The Morgan fingerprint density at radius 3 is 2.38 bits per heavy atom. The fourth-order valence-electron chi connectivity index (χ4n) is 3.92. The normalized spacial score (nSPS) is 15.8. The lowest BCUT2D eigenvalue weighted by Crippen LogP contribution is -2.27. The summed E-state index contributed by atoms with van der Waals surface area (Å²) in [5.74, 6) is 0.423. The van der Waals surface area contributed by atoms with Crippen LogP contribution in [0.3, 0.4) is 0 Å². The summed E-state index contributed by atoms with van der Waals surface area (Å²) in [5.41, 5.74) is 4.45. The summed E-state index contributed by atoms with van der Waals surface area (Å²) < 4.78 is 0. The van der Waals surface area contributed by atoms with Gasteiger partial charge in [-0.3, -0.25) is 14.5 Å². The van der Waals surface area contributed by atoms with Gasteiger partial charge < -0.3 is 5.32 Å². The minimum atomic E-state index is -0.143. The summed E-state index contributed by atoms with van der Waals surface area (Å²) in [6.45, 7) is 2.03. The van der Waals surface area contributed by atoms with Gasteiger partial charge in [0.15, 0.2) is 0 Å². The molecule has 0 unspecified atom stereocenters. The molecule has 0 aromatic heterocycles. The van der Waals surface area contributed by atoms with Crippen molar-refractivity contribution in [2.75, 3.05) is 16.0 Å². The van der Waals surface area contributed by atoms with Gasteiger partial charge in [0.2, 0.25) is 5.91 Å². The van der Waals surface area contributed by atoms with Gasteiger partial charge in [0.25, 0.3) is 5.91 Å². The number of nitrogens with zero attached hydrogens (tertiary/aromatic N) is 1. The number of aryl methyl sites for hydroxylation is 1. The molecular weight excluding hydrogens is 416 g/mol. The molecule has 5 heteroatoms. The van der Waals surface area contributed by atoms with E-state index < -0.39 is 0 Å². The summed E-state index contributed by atoms with van der Waals surface area (Å²) in [7, 11) is 0. The number of carbonyl (C=O) groups excluding carboxylic acids is 2. The quantitative estimate of drug-likeness (QED) is 0.414. The van der Waals surface area contributed by atoms with E-state index in [1.165, 1.54) is 0 Å². The number of anilines is 2. The number of rotatable bonds is 4. The molecule has 1 saturated heterocycles. The van der Waals surface area contributed by atoms with Crippen molar-refractivity contribution in [1.29, 1.82) is 0 Å². The largest absolute Gasteiger partial charge is 0.322 e. The molecule has 1 N–H and O–H groups in total. The van der Waals surface area contributed by atoms with E-state index in [1.54, 1.807) is 11.8 Å². The van der Waals surface area contributed by atoms with Crippen LogP contribution < -0.4 is 10.2 Å². The maximum absolute atomic E-state index is 12.7. The van der Waals surface area contributed by atoms with Crippen LogP contribution in [-0.4, -0.2) is 17.6 Å². The van der Waals surface area contributed by atoms with Crippen LogP contribution in [0, 0.1) is 6.92 Å². The Morgan fingerprint density at radius 1 is 0.906 bits per heavy atom. The lowest BCUT2D eigenvalue weighted by Gasteiger charge is -2.24. The summed E-state index contributed by atoms with van der Waals surface area (Å²) in [4.78, 5) is 27.1. The highest BCUT2D eigenvalue weighted by Crippen LogP contribution is 2.42. The van der Waals surface area contributed by atoms with Crippen LogP contribution in [0.5, 0.6) is 0 Å². The molecule has 5 rings (SSSR count). The molecule has 158 valence electrons. The molecule has 0 bridgehead atoms. The van der Waals surface area contributed by atoms with E-state index in [4.69, 9.17) is 0 Å². The Bertz CT molecular complexity index is 1300. The standard InChI is InChI=1S/C27H22N2O2S/c1-18-6-14-24(15-7-18)29-25(30)17-32-27(29)20-10-12-23(13-11-20)28-26(31)22-9-8-19-4-2-3-5-21(19)16-22/h2-16,27H,17H2,1H3,(H,28,31)/t27-/m1/s1. The van der Waals surface area contributed by atoms with Crippen molar-refractivity contribution < 1.29 is 9.59 Å². The predicted molar refractivity (Wildman–Crippen MR) is 132 cm³/mol. The Hall–Kier alpha value is -3.57. The maximum Gasteiger partial charge on any atom is 0.255 e. The average Bonchev–Trinajstić information content (AvgIpc) is 3.21. The first kappa shape index (κ1) is 20.3. The summed E-state index contributed by atoms with van der Waals surface area (Å²) in [6, 6.07) is 29.5. The summed E-state index contributed by atoms with van der Waals surface area (Å²) in [6.07, 6.45) is 0. The van der Waals surface area contributed by atoms with Gasteiger partial charge in [0.1, 0.15) is 5.37 Å². The number of fused-ring (bicyclic) bond motifs is 1. The third-order valence-electron chi connectivity index (χ3n) is 5.65. The van der Waals surface area contributed by atoms with E-state index in [2.05, 4.69) is 5.32 Å². The molecule has 0 radical (unpaired) electrons. The average molecular weight is 439 g/mol. The van der Waals surface area contributed by atoms with E-state index >= 15 is 0 Å². The number of benzene rings is 4. The molecule has 2 amide bonds. The zero-order valence-corrected chi connectivity index (χ0v) is 18.4. The van der Waals surface area contributed by atoms with Gasteiger partial charge in [0, 0.05) is 16.9 Å². The molecule has 1 aliphatic heterocycles. The SMILES string of the molecule is Cc1ccc(N2C(=O)CS[C@@H]2c2ccc(NC(=O)c3ccc4ccccc4c3)cc2)cc1. The van der Waals surface area contributed by atoms with Crippen molar-refractivity contribution in [1.82, 2.24) is 0 Å². The lowest BCUT2D eigenvalue weighted by molar-refractivity contribution is -0.115. The fraction of sp³-hybridized carbons (Fsp3) is 0.111. The second-order valence-corrected chi connectivity index (χ2v) is 8.97. The molecule has 4 nitrogen and oxygen atoms in total. The third kappa shape index (κ3) is 3.99. The van der Waals surface area contributed by atoms with Crippen LogP contribution in [0.4, 0.5) is 11.4 Å². The highest BCUT2D eigenvalue weighted by molar-refractivity contribution is 8.00. The van der Waals surface area contributed by atoms with Crippen LogP contribution in [-0.2, 0) is 4.79 Å². The second-order valence-electron chi connectivity index (χ2n) is 7.90. The minimum Gasteiger partial charge on any atom is -0.322 e. The molecule has 1 fully saturated rings. The highest BCUT2D eigenvalue weighted by atomic mass is 32.2. The molecule has 1 aliphatic rings. The first-order valence-electron chi connectivity index (χ1n) is 10.5. The van der Waals surface area contributed by atoms with Crippen molar-refractivity contribution in [3.05, 3.63) is 108 Å². The van der Waals surface area contributed by atoms with Gasteiger partial charge >= 0.3 is 0 Å². The Labute approximate surface area is 191 Å². The molecule has 0 saturated carbocycles. The zero-order chi connectivity index (χ0) is 22.1. The number of carbonyl (C=O) groups is 2. The van der Waals surface area contributed by atoms with Gasteiger partial charge in [-0.15, -0.1) is 11.8 Å². The highest BCUT2D eigenvalue weighted by Gasteiger charge is 2.33. The zero-order valence-electron chi connectivity index (χ0n) is 17.6. The van der Waals surface area contributed by atoms with E-state index in [9.17, 15) is 9.59 Å². The van der Waals surface area contributed by atoms with Crippen molar-refractivity contribution in [3.8, 4) is 0 Å². The summed E-state index contributed by atoms with van der Waals surface area (Å²) in [5, 5.41) is 5.04. The van der Waals surface area contributed by atoms with E-state index in [1.807, 2.05) is 103 Å². The smallest absolute Gasteiger partial charge is 0.255 e. The van der Waals surface area contributed by atoms with Gasteiger partial charge in [-0.25, -0.2) is 0 Å². The number of hydrogen-bond acceptors (Lipinski definition) is 3. The number of thioether (sulfide) groups is 1. The number of amides is 2. The second kappa shape index (κ2) is 8.52. The minimum absolute atomic E-state index is 0.0737. The van der Waals surface area contributed by atoms with Gasteiger partial charge in [0.05, 0.1) is 5.75 Å². The molecule has 4 aromatic rings. The van der Waals surface area contributed by atoms with E-state index in [0.29, 0.717) is 11.3 Å². The van der Waals surface area contributed by atoms with Crippen molar-refractivity contribution >= 4 is 45.7 Å². The molecule has 32 heavy (non-hydrogen) atoms. The number of nitrogens with one attached hydrogen (secondary N) is 1. The van der Waals surface area contributed by atoms with Crippen molar-refractivity contribution in [2.24, 2.45) is 0 Å². The third-order valence-corrected chi connectivity index (χ3v) is 6.86. The monoisotopic (exact) mass is 438 g/mol. The Morgan fingerprint density at radius 2 is 1.62 bits per heavy atom. The van der Waals surface area contributed by atoms with E-state index in [-0.39, 0.29) is 17.2 Å². The van der Waals surface area contributed by atoms with Crippen LogP contribution in [0.25, 0.3) is 10.8 Å². The first-order valence-corrected chi connectivity index (χ1v) is 11.5. The predicted octanol–water partition coefficient (Wildman–Crippen LogP) is 6.18.